The lowest BCUT2D eigenvalue weighted by atomic mass is 10.3. The van der Waals surface area contributed by atoms with Crippen LogP contribution in [-0.4, -0.2) is 32.9 Å². The number of nitrogen functional groups attached to an aromatic ring is 1. The lowest BCUT2D eigenvalue weighted by molar-refractivity contribution is -0.131. The average molecular weight is 261 g/mol. The summed E-state index contributed by atoms with van der Waals surface area (Å²) in [5.74, 6) is 5.49. The quantitative estimate of drug-likeness (QED) is 0.483. The highest BCUT2D eigenvalue weighted by molar-refractivity contribution is 5.86. The van der Waals surface area contributed by atoms with Gasteiger partial charge in [0.15, 0.2) is 5.65 Å². The molecule has 0 aliphatic heterocycles. The monoisotopic (exact) mass is 261 g/mol. The maximum Gasteiger partial charge on any atom is 0.390 e. The Labute approximate surface area is 99.0 Å². The Kier molecular flexibility index (Phi) is 3.19. The van der Waals surface area contributed by atoms with E-state index in [1.807, 2.05) is 0 Å². The summed E-state index contributed by atoms with van der Waals surface area (Å²) in [5.41, 5.74) is 2.61. The summed E-state index contributed by atoms with van der Waals surface area (Å²) in [4.78, 5) is 7.87. The van der Waals surface area contributed by atoms with Gasteiger partial charge in [0.2, 0.25) is 5.95 Å². The molecule has 7 nitrogen and oxygen atoms in total. The van der Waals surface area contributed by atoms with Gasteiger partial charge < -0.3 is 5.32 Å². The number of hydrogen-bond acceptors (Lipinski definition) is 6. The first-order valence-corrected chi connectivity index (χ1v) is 4.98. The van der Waals surface area contributed by atoms with E-state index in [2.05, 4.69) is 30.9 Å². The minimum atomic E-state index is -4.22. The number of hydrazine groups is 1. The van der Waals surface area contributed by atoms with Crippen molar-refractivity contribution in [1.29, 1.82) is 0 Å². The summed E-state index contributed by atoms with van der Waals surface area (Å²) >= 11 is 0. The SMILES string of the molecule is NNc1nc(NCCC(F)(F)F)c2cn[nH]c2n1. The summed E-state index contributed by atoms with van der Waals surface area (Å²) in [6.07, 6.45) is -3.75. The third kappa shape index (κ3) is 2.77. The molecule has 5 N–H and O–H groups in total. The van der Waals surface area contributed by atoms with Crippen LogP contribution < -0.4 is 16.6 Å². The number of hydrogen-bond donors (Lipinski definition) is 4. The number of alkyl halides is 3. The molecule has 0 saturated carbocycles. The van der Waals surface area contributed by atoms with E-state index < -0.39 is 12.6 Å². The van der Waals surface area contributed by atoms with Gasteiger partial charge in [0.25, 0.3) is 0 Å². The molecule has 98 valence electrons. The normalized spacial score (nSPS) is 11.8. The second-order valence-corrected chi connectivity index (χ2v) is 3.46. The first-order chi connectivity index (χ1) is 8.49. The van der Waals surface area contributed by atoms with Crippen LogP contribution in [0.25, 0.3) is 11.0 Å². The number of nitrogens with one attached hydrogen (secondary N) is 3. The van der Waals surface area contributed by atoms with Crippen molar-refractivity contribution in [3.8, 4) is 0 Å². The number of aromatic amines is 1. The van der Waals surface area contributed by atoms with Crippen molar-refractivity contribution in [2.24, 2.45) is 5.84 Å². The van der Waals surface area contributed by atoms with Crippen molar-refractivity contribution < 1.29 is 13.2 Å². The fourth-order valence-corrected chi connectivity index (χ4v) is 1.36. The molecule has 0 aliphatic carbocycles. The van der Waals surface area contributed by atoms with Crippen LogP contribution in [-0.2, 0) is 0 Å². The molecule has 0 bridgehead atoms. The van der Waals surface area contributed by atoms with Gasteiger partial charge in [-0.1, -0.05) is 0 Å². The molecule has 10 heteroatoms. The van der Waals surface area contributed by atoms with Gasteiger partial charge in [-0.25, -0.2) is 5.84 Å². The number of nitrogens with zero attached hydrogens (tertiary/aromatic N) is 3. The lowest BCUT2D eigenvalue weighted by Crippen LogP contribution is -2.16. The van der Waals surface area contributed by atoms with Gasteiger partial charge in [-0.05, 0) is 0 Å². The van der Waals surface area contributed by atoms with Crippen molar-refractivity contribution >= 4 is 22.8 Å². The Balaban J connectivity index is 2.18. The summed E-state index contributed by atoms with van der Waals surface area (Å²) in [5, 5.41) is 9.39. The lowest BCUT2D eigenvalue weighted by Gasteiger charge is -2.09. The molecule has 2 aromatic heterocycles. The average Bonchev–Trinajstić information content (AvgIpc) is 2.75. The molecule has 0 radical (unpaired) electrons. The zero-order chi connectivity index (χ0) is 13.2. The molecule has 0 aromatic carbocycles. The minimum absolute atomic E-state index is 0.0845. The Bertz CT molecular complexity index is 535. The predicted octanol–water partition coefficient (Wildman–Crippen LogP) is 1.00. The van der Waals surface area contributed by atoms with E-state index in [-0.39, 0.29) is 18.3 Å². The maximum absolute atomic E-state index is 12.0. The van der Waals surface area contributed by atoms with E-state index in [1.54, 1.807) is 0 Å². The highest BCUT2D eigenvalue weighted by Crippen LogP contribution is 2.22. The number of H-pyrrole nitrogens is 1. The third-order valence-electron chi connectivity index (χ3n) is 2.14. The van der Waals surface area contributed by atoms with Crippen LogP contribution in [0.1, 0.15) is 6.42 Å². The minimum Gasteiger partial charge on any atom is -0.369 e. The van der Waals surface area contributed by atoms with Crippen LogP contribution in [0.3, 0.4) is 0 Å². The fraction of sp³-hybridized carbons (Fsp3) is 0.375. The van der Waals surface area contributed by atoms with Gasteiger partial charge >= 0.3 is 6.18 Å². The second-order valence-electron chi connectivity index (χ2n) is 3.46. The molecule has 0 aliphatic rings. The molecule has 0 atom stereocenters. The van der Waals surface area contributed by atoms with Gasteiger partial charge in [-0.3, -0.25) is 10.5 Å². The summed E-state index contributed by atoms with van der Waals surface area (Å²) in [6.45, 7) is -0.287. The molecule has 2 heterocycles. The molecule has 0 fully saturated rings. The van der Waals surface area contributed by atoms with Crippen LogP contribution in [0.2, 0.25) is 0 Å². The molecule has 0 spiro atoms. The summed E-state index contributed by atoms with van der Waals surface area (Å²) < 4.78 is 36.1. The summed E-state index contributed by atoms with van der Waals surface area (Å²) in [7, 11) is 0. The van der Waals surface area contributed by atoms with Gasteiger partial charge in [0, 0.05) is 6.54 Å². The van der Waals surface area contributed by atoms with Crippen LogP contribution in [0.4, 0.5) is 24.9 Å². The van der Waals surface area contributed by atoms with E-state index in [0.29, 0.717) is 11.0 Å². The largest absolute Gasteiger partial charge is 0.390 e. The van der Waals surface area contributed by atoms with Crippen LogP contribution in [0.5, 0.6) is 0 Å². The first-order valence-electron chi connectivity index (χ1n) is 4.98. The Morgan fingerprint density at radius 1 is 1.33 bits per heavy atom. The highest BCUT2D eigenvalue weighted by atomic mass is 19.4. The van der Waals surface area contributed by atoms with Gasteiger partial charge in [-0.15, -0.1) is 0 Å². The summed E-state index contributed by atoms with van der Waals surface area (Å²) in [6, 6.07) is 0. The van der Waals surface area contributed by atoms with Gasteiger partial charge in [0.05, 0.1) is 18.0 Å². The van der Waals surface area contributed by atoms with Crippen LogP contribution >= 0.6 is 0 Å². The molecule has 0 saturated heterocycles. The number of nitrogens with two attached hydrogens (primary N) is 1. The number of aromatic nitrogens is 4. The Hall–Kier alpha value is -2.10. The third-order valence-corrected chi connectivity index (χ3v) is 2.14. The van der Waals surface area contributed by atoms with E-state index in [9.17, 15) is 13.2 Å². The first kappa shape index (κ1) is 12.4. The molecular weight excluding hydrogens is 251 g/mol. The smallest absolute Gasteiger partial charge is 0.369 e. The van der Waals surface area contributed by atoms with E-state index in [0.717, 1.165) is 0 Å². The predicted molar refractivity (Wildman–Crippen MR) is 58.7 cm³/mol. The zero-order valence-electron chi connectivity index (χ0n) is 9.04. The second kappa shape index (κ2) is 4.64. The van der Waals surface area contributed by atoms with Crippen molar-refractivity contribution in [1.82, 2.24) is 20.2 Å². The van der Waals surface area contributed by atoms with Crippen molar-refractivity contribution in [3.63, 3.8) is 0 Å². The number of rotatable bonds is 4. The van der Waals surface area contributed by atoms with E-state index in [4.69, 9.17) is 5.84 Å². The number of fused-ring (bicyclic) bond motifs is 1. The molecule has 0 unspecified atom stereocenters. The molecule has 0 amide bonds. The molecule has 18 heavy (non-hydrogen) atoms. The molecule has 2 aromatic rings. The molecule has 2 rings (SSSR count). The van der Waals surface area contributed by atoms with Gasteiger partial charge in [0.1, 0.15) is 5.82 Å². The topological polar surface area (TPSA) is 105 Å². The zero-order valence-corrected chi connectivity index (χ0v) is 9.04. The number of halogens is 3. The molecular formula is C8H10F3N7. The van der Waals surface area contributed by atoms with E-state index >= 15 is 0 Å². The standard InChI is InChI=1S/C8H10F3N7/c9-8(10,11)1-2-13-5-4-3-14-18-6(4)16-7(15-5)17-12/h3H,1-2,12H2,(H3,13,14,15,16,17,18). The van der Waals surface area contributed by atoms with E-state index in [1.165, 1.54) is 6.20 Å². The number of anilines is 2. The fourth-order valence-electron chi connectivity index (χ4n) is 1.36. The Morgan fingerprint density at radius 2 is 2.11 bits per heavy atom. The Morgan fingerprint density at radius 3 is 2.78 bits per heavy atom. The van der Waals surface area contributed by atoms with Gasteiger partial charge in [-0.2, -0.15) is 28.2 Å². The highest BCUT2D eigenvalue weighted by Gasteiger charge is 2.26. The van der Waals surface area contributed by atoms with Crippen molar-refractivity contribution in [2.75, 3.05) is 17.3 Å². The van der Waals surface area contributed by atoms with Crippen molar-refractivity contribution in [3.05, 3.63) is 6.20 Å². The van der Waals surface area contributed by atoms with Crippen molar-refractivity contribution in [2.45, 2.75) is 12.6 Å². The van der Waals surface area contributed by atoms with Crippen LogP contribution in [0, 0.1) is 0 Å². The maximum atomic E-state index is 12.0. The van der Waals surface area contributed by atoms with Crippen LogP contribution in [0.15, 0.2) is 6.20 Å².